The Hall–Kier alpha value is -10.7. The Labute approximate surface area is 764 Å². The van der Waals surface area contributed by atoms with Gasteiger partial charge in [0.15, 0.2) is 0 Å². The molecule has 16 rings (SSSR count). The lowest BCUT2D eigenvalue weighted by molar-refractivity contribution is 0.568. The van der Waals surface area contributed by atoms with Crippen molar-refractivity contribution >= 4 is 79.0 Å². The average Bonchev–Trinajstić information content (AvgIpc) is 0.781. The molecule has 14 aromatic rings. The van der Waals surface area contributed by atoms with E-state index in [1.807, 2.05) is 85.4 Å². The van der Waals surface area contributed by atoms with Gasteiger partial charge in [-0.2, -0.15) is 0 Å². The molecule has 0 atom stereocenters. The third kappa shape index (κ3) is 15.6. The molecular weight excluding hydrogens is 1470 g/mol. The van der Waals surface area contributed by atoms with Gasteiger partial charge in [0.2, 0.25) is 0 Å². The zero-order valence-corrected chi connectivity index (χ0v) is 77.5. The number of hydrogen-bond donors (Lipinski definition) is 0. The van der Waals surface area contributed by atoms with E-state index in [-0.39, 0.29) is 130 Å². The summed E-state index contributed by atoms with van der Waals surface area (Å²) >= 11 is 0. The van der Waals surface area contributed by atoms with Crippen LogP contribution in [0.3, 0.4) is 0 Å². The van der Waals surface area contributed by atoms with E-state index in [4.69, 9.17) is 1.37 Å². The second-order valence-electron chi connectivity index (χ2n) is 44.4. The van der Waals surface area contributed by atoms with Gasteiger partial charge in [0, 0.05) is 61.5 Å². The zero-order valence-electron chi connectivity index (χ0n) is 99.5. The Morgan fingerprint density at radius 2 is 0.623 bits per heavy atom. The predicted octanol–water partition coefficient (Wildman–Crippen LogP) is 31.8. The largest absolute Gasteiger partial charge is 0.310 e. The number of aromatic nitrogens is 1. The molecule has 0 bridgehead atoms. The number of hydrogen-bond acceptors (Lipinski definition) is 2. The van der Waals surface area contributed by atoms with Crippen LogP contribution in [0.4, 0.5) is 34.1 Å². The highest BCUT2D eigenvalue weighted by Gasteiger charge is 2.47. The van der Waals surface area contributed by atoms with E-state index in [2.05, 4.69) is 214 Å². The summed E-state index contributed by atoms with van der Waals surface area (Å²) in [4.78, 5) is 4.14. The highest BCUT2D eigenvalue weighted by atomic mass is 15.2. The summed E-state index contributed by atoms with van der Waals surface area (Å²) in [5.41, 5.74) is 5.40. The lowest BCUT2D eigenvalue weighted by atomic mass is 9.33. The van der Waals surface area contributed by atoms with Gasteiger partial charge in [0.25, 0.3) is 6.71 Å². The van der Waals surface area contributed by atoms with E-state index in [1.165, 1.54) is 4.57 Å². The summed E-state index contributed by atoms with van der Waals surface area (Å²) in [5.74, 6) is 0. The predicted molar refractivity (Wildman–Crippen MR) is 534 cm³/mol. The third-order valence-corrected chi connectivity index (χ3v) is 24.5. The molecule has 3 heterocycles. The van der Waals surface area contributed by atoms with Crippen LogP contribution < -0.4 is 26.2 Å². The van der Waals surface area contributed by atoms with Crippen molar-refractivity contribution in [3.05, 3.63) is 310 Å². The van der Waals surface area contributed by atoms with Gasteiger partial charge >= 0.3 is 0 Å². The normalized spacial score (nSPS) is 16.3. The number of nitrogens with zero attached hydrogens (tertiary/aromatic N) is 3. The molecule has 2 aliphatic heterocycles. The third-order valence-electron chi connectivity index (χ3n) is 24.5. The first-order chi connectivity index (χ1) is 66.0. The molecule has 0 saturated carbocycles. The van der Waals surface area contributed by atoms with Gasteiger partial charge in [0.1, 0.15) is 0 Å². The highest BCUT2D eigenvalue weighted by Crippen LogP contribution is 2.58. The standard InChI is InChI=1S/C118H132BN3/c1-109(2,3)80-49-44-74(45-50-80)92-68-87(116(22,23)24)70-94(79-60-85(114(16,17)18)66-86(61-79)115(19,20)21)107(92)121-102-62-76(73-38-32-31-33-39-73)48-56-98(102)119-99-57-54-89(120-100-42-36-34-40-90(100)91-41-35-37-43-101(91)120)72-103(99)122(105-64-78(63-104(121)106(105)119)77-58-83(112(10,11)12)65-84(59-77)113(13,14)15)108-93(75-46-51-81(52-47-75)110(4,5)6)69-88(117(25,26)27)71-96(108)95-67-82(111(7,8)9)53-55-97(95)118(28,29)30/h31-72H,1-30H3/i31D,32D,33D,34D,35D,36D,37D,38D,39D,40D,41D,42D,43D,46D,47D,51D,52D,53D,55D,67D,69D,71D. The van der Waals surface area contributed by atoms with Gasteiger partial charge in [-0.1, -0.05) is 395 Å². The minimum Gasteiger partial charge on any atom is -0.310 e. The number of fused-ring (bicyclic) bond motifs is 7. The fourth-order valence-corrected chi connectivity index (χ4v) is 17.0. The van der Waals surface area contributed by atoms with Gasteiger partial charge in [-0.3, -0.25) is 0 Å². The number of rotatable bonds is 9. The van der Waals surface area contributed by atoms with Crippen molar-refractivity contribution < 1.29 is 30.2 Å². The SMILES string of the molecule is [2H]c1c([2H])c([2H])c(-c2ccc3c(c2)N(c2c(-c4ccc(C(C)(C)C)cc4)cc(C(C)(C)C)cc2-c2cc(C(C)(C)C)cc(C(C)(C)C)c2)c2cc(-c4cc(C(C)(C)C)cc(C(C)(C)C)c4)cc4c2B3c2ccc(-n3c5c([2H])c([2H])c([2H])c([2H])c5c5c([2H])c([2H])c([2H])c([2H])c53)cc2N4c2c(-c3c([2H])c([2H])c(C(C)(C)C)c([2H])c3[2H])c([2H])c(C(C)(C)C)c([2H])c2-c2c([2H])c(C(C)(C)C)c([2H])c([2H])c2C(C)(C)C)c([2H])c1[2H]. The summed E-state index contributed by atoms with van der Waals surface area (Å²) < 4.78 is 227. The molecule has 622 valence electrons. The van der Waals surface area contributed by atoms with E-state index in [1.54, 1.807) is 39.0 Å². The van der Waals surface area contributed by atoms with Crippen LogP contribution in [0.5, 0.6) is 0 Å². The maximum atomic E-state index is 11.9. The Morgan fingerprint density at radius 1 is 0.238 bits per heavy atom. The first-order valence-electron chi connectivity index (χ1n) is 54.2. The first kappa shape index (κ1) is 61.6. The average molecular weight is 1630 g/mol. The molecule has 4 heteroatoms. The molecule has 1 aromatic heterocycles. The second kappa shape index (κ2) is 29.5. The van der Waals surface area contributed by atoms with Crippen LogP contribution in [0.15, 0.2) is 254 Å². The smallest absolute Gasteiger partial charge is 0.252 e. The van der Waals surface area contributed by atoms with Gasteiger partial charge in [-0.15, -0.1) is 0 Å². The van der Waals surface area contributed by atoms with Crippen molar-refractivity contribution in [3.63, 3.8) is 0 Å². The number of benzene rings is 13. The Bertz CT molecular complexity index is 7660. The molecule has 13 aromatic carbocycles. The van der Waals surface area contributed by atoms with Crippen LogP contribution >= 0.6 is 0 Å². The highest BCUT2D eigenvalue weighted by molar-refractivity contribution is 7.00. The van der Waals surface area contributed by atoms with E-state index in [0.717, 1.165) is 55.6 Å². The van der Waals surface area contributed by atoms with E-state index < -0.39 is 164 Å². The van der Waals surface area contributed by atoms with Crippen molar-refractivity contribution in [2.24, 2.45) is 0 Å². The van der Waals surface area contributed by atoms with Gasteiger partial charge < -0.3 is 14.4 Å². The van der Waals surface area contributed by atoms with Gasteiger partial charge in [-0.25, -0.2) is 0 Å². The molecule has 0 unspecified atom stereocenters. The molecule has 3 nitrogen and oxygen atoms in total. The molecular formula is C118H132BN3. The molecule has 2 aliphatic rings. The summed E-state index contributed by atoms with van der Waals surface area (Å²) in [6.07, 6.45) is 0. The summed E-state index contributed by atoms with van der Waals surface area (Å²) in [6.45, 7) is 60.2. The Balaban J connectivity index is 1.30. The summed E-state index contributed by atoms with van der Waals surface area (Å²) in [7, 11) is 0. The van der Waals surface area contributed by atoms with Crippen molar-refractivity contribution in [1.29, 1.82) is 0 Å². The van der Waals surface area contributed by atoms with Crippen molar-refractivity contribution in [3.8, 4) is 72.4 Å². The van der Waals surface area contributed by atoms with Gasteiger partial charge in [0.05, 0.1) is 52.6 Å². The fourth-order valence-electron chi connectivity index (χ4n) is 17.0. The number of para-hydroxylation sites is 2. The molecule has 0 fully saturated rings. The number of anilines is 6. The minimum atomic E-state index is -1.27. The maximum absolute atomic E-state index is 11.9. The van der Waals surface area contributed by atoms with Crippen LogP contribution in [-0.4, -0.2) is 11.3 Å². The summed E-state index contributed by atoms with van der Waals surface area (Å²) in [6, 6.07) is 30.4. The van der Waals surface area contributed by atoms with Crippen molar-refractivity contribution in [2.75, 3.05) is 9.80 Å². The second-order valence-corrected chi connectivity index (χ2v) is 44.4. The lowest BCUT2D eigenvalue weighted by Crippen LogP contribution is -2.61. The Morgan fingerprint density at radius 3 is 1.11 bits per heavy atom. The molecule has 0 N–H and O–H groups in total. The fraction of sp³-hybridized carbons (Fsp3) is 0.339. The monoisotopic (exact) mass is 1620 g/mol. The van der Waals surface area contributed by atoms with Crippen LogP contribution in [0.2, 0.25) is 0 Å². The van der Waals surface area contributed by atoms with Crippen molar-refractivity contribution in [2.45, 2.75) is 262 Å². The summed E-state index contributed by atoms with van der Waals surface area (Å²) in [5, 5.41) is -0.448. The zero-order chi connectivity index (χ0) is 107. The van der Waals surface area contributed by atoms with E-state index in [9.17, 15) is 28.8 Å². The van der Waals surface area contributed by atoms with Crippen LogP contribution in [-0.2, 0) is 54.1 Å². The molecule has 0 spiro atoms. The molecule has 0 saturated heterocycles. The van der Waals surface area contributed by atoms with Gasteiger partial charge in [-0.05, 0) is 237 Å². The van der Waals surface area contributed by atoms with Crippen LogP contribution in [0.25, 0.3) is 94.3 Å². The maximum Gasteiger partial charge on any atom is 0.252 e. The molecule has 122 heavy (non-hydrogen) atoms. The van der Waals surface area contributed by atoms with E-state index in [0.29, 0.717) is 44.6 Å². The van der Waals surface area contributed by atoms with Crippen LogP contribution in [0.1, 0.15) is 294 Å². The van der Waals surface area contributed by atoms with Crippen molar-refractivity contribution in [1.82, 2.24) is 4.57 Å². The minimum absolute atomic E-state index is 0.0151. The topological polar surface area (TPSA) is 11.4 Å². The first-order valence-corrected chi connectivity index (χ1v) is 43.2. The molecule has 0 aliphatic carbocycles. The van der Waals surface area contributed by atoms with Crippen LogP contribution in [0, 0.1) is 0 Å². The molecule has 0 amide bonds. The lowest BCUT2D eigenvalue weighted by Gasteiger charge is -2.46. The Kier molecular flexibility index (Phi) is 14.9. The quantitative estimate of drug-likeness (QED) is 0.133. The van der Waals surface area contributed by atoms with E-state index >= 15 is 0 Å². The molecule has 0 radical (unpaired) electrons.